The Morgan fingerprint density at radius 3 is 2.76 bits per heavy atom. The van der Waals surface area contributed by atoms with Gasteiger partial charge in [-0.2, -0.15) is 4.57 Å². The maximum Gasteiger partial charge on any atom is 0.422 e. The van der Waals surface area contributed by atoms with Gasteiger partial charge in [-0.3, -0.25) is 9.78 Å². The summed E-state index contributed by atoms with van der Waals surface area (Å²) in [6.45, 7) is 1.79. The highest BCUT2D eigenvalue weighted by atomic mass is 16.5. The van der Waals surface area contributed by atoms with Crippen LogP contribution in [0.4, 0.5) is 4.79 Å². The molecule has 0 atom stereocenters. The van der Waals surface area contributed by atoms with Crippen molar-refractivity contribution in [1.82, 2.24) is 9.55 Å². The minimum absolute atomic E-state index is 0.152. The Hall–Kier alpha value is -2.37. The molecule has 88 valence electrons. The number of hydrogen-bond acceptors (Lipinski definition) is 4. The predicted molar refractivity (Wildman–Crippen MR) is 61.2 cm³/mol. The minimum atomic E-state index is -0.801. The van der Waals surface area contributed by atoms with Crippen molar-refractivity contribution in [3.05, 3.63) is 45.1 Å². The number of para-hydroxylation sites is 1. The van der Waals surface area contributed by atoms with Crippen molar-refractivity contribution in [2.24, 2.45) is 0 Å². The van der Waals surface area contributed by atoms with Crippen LogP contribution < -0.4 is 11.2 Å². The van der Waals surface area contributed by atoms with Gasteiger partial charge in [-0.05, 0) is 19.1 Å². The van der Waals surface area contributed by atoms with E-state index in [1.165, 1.54) is 12.1 Å². The van der Waals surface area contributed by atoms with E-state index in [0.717, 1.165) is 4.57 Å². The first kappa shape index (κ1) is 11.1. The van der Waals surface area contributed by atoms with E-state index in [2.05, 4.69) is 4.98 Å². The van der Waals surface area contributed by atoms with Gasteiger partial charge in [0.25, 0.3) is 5.56 Å². The van der Waals surface area contributed by atoms with Crippen LogP contribution in [0.25, 0.3) is 10.9 Å². The summed E-state index contributed by atoms with van der Waals surface area (Å²) in [5.41, 5.74) is -1.09. The number of carbonyl (C=O) groups is 1. The minimum Gasteiger partial charge on any atom is -0.449 e. The zero-order chi connectivity index (χ0) is 12.4. The molecule has 1 aromatic carbocycles. The second kappa shape index (κ2) is 4.25. The Kier molecular flexibility index (Phi) is 2.78. The molecule has 0 radical (unpaired) electrons. The molecular weight excluding hydrogens is 224 g/mol. The number of fused-ring (bicyclic) bond motifs is 1. The van der Waals surface area contributed by atoms with Crippen molar-refractivity contribution in [3.8, 4) is 0 Å². The zero-order valence-electron chi connectivity index (χ0n) is 9.10. The Bertz CT molecular complexity index is 684. The molecular formula is C11H10N2O4. The van der Waals surface area contributed by atoms with Crippen molar-refractivity contribution in [2.45, 2.75) is 6.92 Å². The van der Waals surface area contributed by atoms with E-state index >= 15 is 0 Å². The summed E-state index contributed by atoms with van der Waals surface area (Å²) in [6.07, 6.45) is -0.801. The van der Waals surface area contributed by atoms with Crippen LogP contribution in [0.1, 0.15) is 6.92 Å². The lowest BCUT2D eigenvalue weighted by molar-refractivity contribution is 0.153. The number of H-pyrrole nitrogens is 1. The van der Waals surface area contributed by atoms with Crippen LogP contribution in [0, 0.1) is 0 Å². The Morgan fingerprint density at radius 1 is 1.35 bits per heavy atom. The summed E-state index contributed by atoms with van der Waals surface area (Å²) in [7, 11) is 0. The monoisotopic (exact) mass is 234 g/mol. The van der Waals surface area contributed by atoms with Crippen molar-refractivity contribution >= 4 is 17.0 Å². The van der Waals surface area contributed by atoms with Crippen LogP contribution in [-0.4, -0.2) is 22.3 Å². The van der Waals surface area contributed by atoms with Crippen LogP contribution in [0.5, 0.6) is 0 Å². The van der Waals surface area contributed by atoms with E-state index in [-0.39, 0.29) is 17.5 Å². The average Bonchev–Trinajstić information content (AvgIpc) is 2.29. The van der Waals surface area contributed by atoms with Gasteiger partial charge < -0.3 is 4.74 Å². The fourth-order valence-electron chi connectivity index (χ4n) is 1.56. The summed E-state index contributed by atoms with van der Waals surface area (Å²) in [5, 5.41) is 0.264. The van der Waals surface area contributed by atoms with Gasteiger partial charge in [-0.25, -0.2) is 9.59 Å². The number of benzene rings is 1. The van der Waals surface area contributed by atoms with Gasteiger partial charge in [-0.1, -0.05) is 12.1 Å². The van der Waals surface area contributed by atoms with Gasteiger partial charge in [0, 0.05) is 0 Å². The topological polar surface area (TPSA) is 81.2 Å². The van der Waals surface area contributed by atoms with Crippen LogP contribution in [0.15, 0.2) is 33.9 Å². The molecule has 1 heterocycles. The molecule has 0 aliphatic heterocycles. The molecule has 0 saturated heterocycles. The standard InChI is InChI=1S/C11H10N2O4/c1-2-17-11(16)13-8-6-4-3-5-7(8)9(14)12-10(13)15/h3-6H,2H2,1H3,(H,12,14,15). The van der Waals surface area contributed by atoms with Gasteiger partial charge in [0.1, 0.15) is 0 Å². The third-order valence-electron chi connectivity index (χ3n) is 2.26. The molecule has 0 saturated carbocycles. The Labute approximate surface area is 95.5 Å². The molecule has 6 heteroatoms. The van der Waals surface area contributed by atoms with Crippen molar-refractivity contribution in [2.75, 3.05) is 6.61 Å². The highest BCUT2D eigenvalue weighted by Gasteiger charge is 2.13. The maximum atomic E-state index is 11.6. The highest BCUT2D eigenvalue weighted by molar-refractivity contribution is 5.86. The fraction of sp³-hybridized carbons (Fsp3) is 0.182. The average molecular weight is 234 g/mol. The van der Waals surface area contributed by atoms with Crippen LogP contribution >= 0.6 is 0 Å². The third-order valence-corrected chi connectivity index (χ3v) is 2.26. The molecule has 2 aromatic rings. The summed E-state index contributed by atoms with van der Waals surface area (Å²) in [5.74, 6) is 0. The number of ether oxygens (including phenoxy) is 1. The lowest BCUT2D eigenvalue weighted by atomic mass is 10.2. The summed E-state index contributed by atoms with van der Waals surface area (Å²) < 4.78 is 5.56. The second-order valence-electron chi connectivity index (χ2n) is 3.31. The molecule has 2 rings (SSSR count). The first-order valence-electron chi connectivity index (χ1n) is 5.06. The van der Waals surface area contributed by atoms with Crippen molar-refractivity contribution in [3.63, 3.8) is 0 Å². The first-order valence-corrected chi connectivity index (χ1v) is 5.06. The SMILES string of the molecule is CCOC(=O)n1c(=O)[nH]c(=O)c2ccccc21. The molecule has 0 unspecified atom stereocenters. The molecule has 0 aliphatic carbocycles. The van der Waals surface area contributed by atoms with E-state index in [0.29, 0.717) is 0 Å². The molecule has 0 aliphatic rings. The van der Waals surface area contributed by atoms with Crippen LogP contribution in [0.2, 0.25) is 0 Å². The largest absolute Gasteiger partial charge is 0.449 e. The maximum absolute atomic E-state index is 11.6. The molecule has 0 bridgehead atoms. The summed E-state index contributed by atoms with van der Waals surface area (Å²) in [4.78, 5) is 36.8. The molecule has 17 heavy (non-hydrogen) atoms. The van der Waals surface area contributed by atoms with Crippen molar-refractivity contribution < 1.29 is 9.53 Å². The number of carbonyl (C=O) groups excluding carboxylic acids is 1. The predicted octanol–water partition coefficient (Wildman–Crippen LogP) is 0.694. The number of hydrogen-bond donors (Lipinski definition) is 1. The molecule has 6 nitrogen and oxygen atoms in total. The number of nitrogens with zero attached hydrogens (tertiary/aromatic N) is 1. The van der Waals surface area contributed by atoms with Gasteiger partial charge in [0.15, 0.2) is 0 Å². The second-order valence-corrected chi connectivity index (χ2v) is 3.31. The third kappa shape index (κ3) is 1.84. The Balaban J connectivity index is 2.83. The molecule has 0 fully saturated rings. The van der Waals surface area contributed by atoms with Crippen molar-refractivity contribution in [1.29, 1.82) is 0 Å². The van der Waals surface area contributed by atoms with E-state index in [1.54, 1.807) is 19.1 Å². The number of aromatic nitrogens is 2. The van der Waals surface area contributed by atoms with E-state index in [1.807, 2.05) is 0 Å². The lowest BCUT2D eigenvalue weighted by Crippen LogP contribution is -2.34. The normalized spacial score (nSPS) is 10.4. The molecule has 0 spiro atoms. The number of nitrogens with one attached hydrogen (secondary N) is 1. The number of rotatable bonds is 1. The van der Waals surface area contributed by atoms with Gasteiger partial charge in [0.2, 0.25) is 0 Å². The molecule has 0 amide bonds. The van der Waals surface area contributed by atoms with E-state index in [4.69, 9.17) is 4.74 Å². The summed E-state index contributed by atoms with van der Waals surface area (Å²) in [6, 6.07) is 6.33. The fourth-order valence-corrected chi connectivity index (χ4v) is 1.56. The molecule has 1 aromatic heterocycles. The number of aromatic amines is 1. The summed E-state index contributed by atoms with van der Waals surface area (Å²) >= 11 is 0. The zero-order valence-corrected chi connectivity index (χ0v) is 9.10. The van der Waals surface area contributed by atoms with Gasteiger partial charge in [0.05, 0.1) is 17.5 Å². The van der Waals surface area contributed by atoms with Gasteiger partial charge in [-0.15, -0.1) is 0 Å². The first-order chi connectivity index (χ1) is 8.15. The quantitative estimate of drug-likeness (QED) is 0.787. The van der Waals surface area contributed by atoms with E-state index < -0.39 is 17.3 Å². The van der Waals surface area contributed by atoms with Gasteiger partial charge >= 0.3 is 11.8 Å². The van der Waals surface area contributed by atoms with E-state index in [9.17, 15) is 14.4 Å². The molecule has 1 N–H and O–H groups in total. The van der Waals surface area contributed by atoms with Crippen LogP contribution in [-0.2, 0) is 4.74 Å². The lowest BCUT2D eigenvalue weighted by Gasteiger charge is -2.07. The highest BCUT2D eigenvalue weighted by Crippen LogP contribution is 2.06. The van der Waals surface area contributed by atoms with Crippen LogP contribution in [0.3, 0.4) is 0 Å². The smallest absolute Gasteiger partial charge is 0.422 e. The Morgan fingerprint density at radius 2 is 2.06 bits per heavy atom.